The number of nitrogens with zero attached hydrogens (tertiary/aromatic N) is 1. The Bertz CT molecular complexity index is 606. The van der Waals surface area contributed by atoms with Crippen LogP contribution in [0.1, 0.15) is 38.8 Å². The fourth-order valence-electron chi connectivity index (χ4n) is 2.22. The Balaban J connectivity index is 1.88. The van der Waals surface area contributed by atoms with E-state index < -0.39 is 0 Å². The summed E-state index contributed by atoms with van der Waals surface area (Å²) in [4.78, 5) is 17.3. The van der Waals surface area contributed by atoms with E-state index in [1.165, 1.54) is 5.56 Å². The van der Waals surface area contributed by atoms with E-state index in [1.807, 2.05) is 12.1 Å². The lowest BCUT2D eigenvalue weighted by atomic mass is 10.0. The summed E-state index contributed by atoms with van der Waals surface area (Å²) in [6, 6.07) is 8.23. The van der Waals surface area contributed by atoms with Crippen LogP contribution in [0.2, 0.25) is 0 Å². The number of hydrogen-bond donors (Lipinski definition) is 0. The van der Waals surface area contributed by atoms with Gasteiger partial charge < -0.3 is 0 Å². The van der Waals surface area contributed by atoms with Crippen LogP contribution in [0.25, 0.3) is 0 Å². The van der Waals surface area contributed by atoms with Crippen molar-refractivity contribution in [3.8, 4) is 0 Å². The molecule has 3 rings (SSSR count). The van der Waals surface area contributed by atoms with Gasteiger partial charge >= 0.3 is 0 Å². The number of Topliss-reactive ketones (excluding diaryl/α,β-unsaturated/α-hetero) is 1. The molecule has 0 saturated carbocycles. The largest absolute Gasteiger partial charge is 0.293 e. The first-order valence-electron chi connectivity index (χ1n) is 5.98. The highest BCUT2D eigenvalue weighted by Crippen LogP contribution is 2.28. The molecule has 0 aliphatic heterocycles. The molecule has 0 radical (unpaired) electrons. The molecule has 0 N–H and O–H groups in total. The molecule has 0 saturated heterocycles. The number of halogens is 1. The van der Waals surface area contributed by atoms with Gasteiger partial charge in [-0.25, -0.2) is 4.98 Å². The second-order valence-electron chi connectivity index (χ2n) is 4.47. The van der Waals surface area contributed by atoms with Gasteiger partial charge in [0.05, 0.1) is 15.6 Å². The van der Waals surface area contributed by atoms with Crippen molar-refractivity contribution in [2.24, 2.45) is 0 Å². The molecule has 2 nitrogen and oxygen atoms in total. The van der Waals surface area contributed by atoms with Crippen LogP contribution in [-0.2, 0) is 12.8 Å². The lowest BCUT2D eigenvalue weighted by Gasteiger charge is -2.06. The fraction of sp³-hybridized carbons (Fsp3) is 0.286. The Morgan fingerprint density at radius 2 is 2.22 bits per heavy atom. The van der Waals surface area contributed by atoms with Crippen molar-refractivity contribution in [1.82, 2.24) is 4.98 Å². The molecule has 1 aliphatic rings. The molecule has 2 aromatic rings. The van der Waals surface area contributed by atoms with Crippen molar-refractivity contribution in [1.29, 1.82) is 0 Å². The van der Waals surface area contributed by atoms with Crippen LogP contribution in [0.4, 0.5) is 0 Å². The Labute approximate surface area is 118 Å². The van der Waals surface area contributed by atoms with Gasteiger partial charge in [0, 0.05) is 17.3 Å². The van der Waals surface area contributed by atoms with Crippen LogP contribution in [0.5, 0.6) is 0 Å². The fourth-order valence-corrected chi connectivity index (χ4v) is 3.77. The standard InChI is InChI=1S/C14H12BrNOS/c15-10-4-1-3-9(7-10)8-13-16-11-5-2-6-12(17)14(11)18-13/h1,3-4,7H,2,5-6,8H2. The number of hydrogen-bond acceptors (Lipinski definition) is 3. The van der Waals surface area contributed by atoms with Gasteiger partial charge in [-0.15, -0.1) is 11.3 Å². The molecular formula is C14H12BrNOS. The molecule has 0 unspecified atom stereocenters. The number of carbonyl (C=O) groups excluding carboxylic acids is 1. The monoisotopic (exact) mass is 321 g/mol. The van der Waals surface area contributed by atoms with Crippen LogP contribution < -0.4 is 0 Å². The van der Waals surface area contributed by atoms with Gasteiger partial charge in [0.25, 0.3) is 0 Å². The third kappa shape index (κ3) is 2.40. The first kappa shape index (κ1) is 12.1. The minimum atomic E-state index is 0.272. The van der Waals surface area contributed by atoms with Gasteiger partial charge in [-0.05, 0) is 30.5 Å². The van der Waals surface area contributed by atoms with Gasteiger partial charge in [0.15, 0.2) is 5.78 Å². The summed E-state index contributed by atoms with van der Waals surface area (Å²) in [5.74, 6) is 0.272. The second kappa shape index (κ2) is 4.94. The van der Waals surface area contributed by atoms with Gasteiger partial charge in [0.2, 0.25) is 0 Å². The smallest absolute Gasteiger partial charge is 0.174 e. The van der Waals surface area contributed by atoms with E-state index in [1.54, 1.807) is 11.3 Å². The van der Waals surface area contributed by atoms with E-state index in [0.717, 1.165) is 39.3 Å². The maximum atomic E-state index is 11.8. The average molecular weight is 322 g/mol. The van der Waals surface area contributed by atoms with Crippen LogP contribution >= 0.6 is 27.3 Å². The molecule has 0 atom stereocenters. The first-order valence-corrected chi connectivity index (χ1v) is 7.59. The number of thiazole rings is 1. The molecule has 18 heavy (non-hydrogen) atoms. The Morgan fingerprint density at radius 3 is 3.00 bits per heavy atom. The highest BCUT2D eigenvalue weighted by Gasteiger charge is 2.21. The zero-order valence-electron chi connectivity index (χ0n) is 9.78. The number of carbonyl (C=O) groups is 1. The van der Waals surface area contributed by atoms with E-state index in [-0.39, 0.29) is 5.78 Å². The summed E-state index contributed by atoms with van der Waals surface area (Å²) in [7, 11) is 0. The quantitative estimate of drug-likeness (QED) is 0.836. The number of fused-ring (bicyclic) bond motifs is 1. The third-order valence-electron chi connectivity index (χ3n) is 3.06. The Morgan fingerprint density at radius 1 is 1.33 bits per heavy atom. The van der Waals surface area contributed by atoms with Crippen molar-refractivity contribution >= 4 is 33.0 Å². The Kier molecular flexibility index (Phi) is 3.31. The number of benzene rings is 1. The molecule has 0 bridgehead atoms. The van der Waals surface area contributed by atoms with E-state index in [0.29, 0.717) is 6.42 Å². The molecule has 0 fully saturated rings. The first-order chi connectivity index (χ1) is 8.72. The van der Waals surface area contributed by atoms with E-state index in [9.17, 15) is 4.79 Å². The molecule has 1 heterocycles. The van der Waals surface area contributed by atoms with E-state index in [2.05, 4.69) is 33.0 Å². The molecule has 0 amide bonds. The highest BCUT2D eigenvalue weighted by molar-refractivity contribution is 9.10. The maximum Gasteiger partial charge on any atom is 0.174 e. The number of aryl methyl sites for hydroxylation is 1. The van der Waals surface area contributed by atoms with E-state index in [4.69, 9.17) is 0 Å². The topological polar surface area (TPSA) is 30.0 Å². The third-order valence-corrected chi connectivity index (χ3v) is 4.69. The van der Waals surface area contributed by atoms with Crippen molar-refractivity contribution in [3.63, 3.8) is 0 Å². The van der Waals surface area contributed by atoms with Crippen LogP contribution in [0, 0.1) is 0 Å². The van der Waals surface area contributed by atoms with Gasteiger partial charge in [-0.1, -0.05) is 28.1 Å². The summed E-state index contributed by atoms with van der Waals surface area (Å²) in [5.41, 5.74) is 2.24. The molecule has 1 aliphatic carbocycles. The molecule has 1 aromatic heterocycles. The predicted molar refractivity (Wildman–Crippen MR) is 76.3 cm³/mol. The van der Waals surface area contributed by atoms with Crippen molar-refractivity contribution in [3.05, 3.63) is 49.9 Å². The number of aromatic nitrogens is 1. The van der Waals surface area contributed by atoms with Crippen LogP contribution in [-0.4, -0.2) is 10.8 Å². The summed E-state index contributed by atoms with van der Waals surface area (Å²) < 4.78 is 1.08. The van der Waals surface area contributed by atoms with Crippen LogP contribution in [0.3, 0.4) is 0 Å². The number of rotatable bonds is 2. The van der Waals surface area contributed by atoms with Gasteiger partial charge in [-0.3, -0.25) is 4.79 Å². The molecular weight excluding hydrogens is 310 g/mol. The van der Waals surface area contributed by atoms with Crippen molar-refractivity contribution in [2.45, 2.75) is 25.7 Å². The second-order valence-corrected chi connectivity index (χ2v) is 6.47. The molecule has 1 aromatic carbocycles. The lowest BCUT2D eigenvalue weighted by Crippen LogP contribution is -2.07. The summed E-state index contributed by atoms with van der Waals surface area (Å²) >= 11 is 5.04. The SMILES string of the molecule is O=C1CCCc2nc(Cc3cccc(Br)c3)sc21. The summed E-state index contributed by atoms with van der Waals surface area (Å²) in [5, 5.41) is 1.05. The zero-order chi connectivity index (χ0) is 12.5. The maximum absolute atomic E-state index is 11.8. The summed E-state index contributed by atoms with van der Waals surface area (Å²) in [6.07, 6.45) is 3.40. The normalized spacial score (nSPS) is 14.6. The molecule has 92 valence electrons. The minimum absolute atomic E-state index is 0.272. The highest BCUT2D eigenvalue weighted by atomic mass is 79.9. The summed E-state index contributed by atoms with van der Waals surface area (Å²) in [6.45, 7) is 0. The number of ketones is 1. The molecule has 4 heteroatoms. The van der Waals surface area contributed by atoms with Gasteiger partial charge in [-0.2, -0.15) is 0 Å². The zero-order valence-corrected chi connectivity index (χ0v) is 12.2. The predicted octanol–water partition coefficient (Wildman–Crippen LogP) is 4.02. The average Bonchev–Trinajstić information content (AvgIpc) is 2.73. The Hall–Kier alpha value is -1.000. The lowest BCUT2D eigenvalue weighted by molar-refractivity contribution is 0.0976. The van der Waals surface area contributed by atoms with E-state index >= 15 is 0 Å². The van der Waals surface area contributed by atoms with Crippen LogP contribution in [0.15, 0.2) is 28.7 Å². The van der Waals surface area contributed by atoms with Crippen molar-refractivity contribution < 1.29 is 4.79 Å². The van der Waals surface area contributed by atoms with Gasteiger partial charge in [0.1, 0.15) is 0 Å². The molecule has 0 spiro atoms. The van der Waals surface area contributed by atoms with Crippen molar-refractivity contribution in [2.75, 3.05) is 0 Å². The minimum Gasteiger partial charge on any atom is -0.293 e.